The highest BCUT2D eigenvalue weighted by Gasteiger charge is 2.27. The lowest BCUT2D eigenvalue weighted by Crippen LogP contribution is -2.50. The number of hydrogen-bond acceptors (Lipinski definition) is 4. The van der Waals surface area contributed by atoms with Crippen molar-refractivity contribution >= 4 is 17.5 Å². The topological polar surface area (TPSA) is 59.2 Å². The first-order chi connectivity index (χ1) is 12.4. The van der Waals surface area contributed by atoms with Crippen LogP contribution < -0.4 is 0 Å². The number of halogens is 1. The van der Waals surface area contributed by atoms with Crippen LogP contribution in [0.5, 0.6) is 0 Å². The minimum absolute atomic E-state index is 0.0995. The summed E-state index contributed by atoms with van der Waals surface area (Å²) in [6.45, 7) is 12.9. The Balaban J connectivity index is 1.56. The highest BCUT2D eigenvalue weighted by molar-refractivity contribution is 6.31. The summed E-state index contributed by atoms with van der Waals surface area (Å²) < 4.78 is 3.68. The third-order valence-corrected chi connectivity index (χ3v) is 5.53. The van der Waals surface area contributed by atoms with Crippen LogP contribution in [0.2, 0.25) is 5.02 Å². The molecule has 1 aliphatic rings. The van der Waals surface area contributed by atoms with Gasteiger partial charge in [0.05, 0.1) is 22.6 Å². The molecule has 8 heteroatoms. The van der Waals surface area contributed by atoms with Gasteiger partial charge in [0.2, 0.25) is 5.91 Å². The van der Waals surface area contributed by atoms with E-state index < -0.39 is 0 Å². The Morgan fingerprint density at radius 2 is 1.96 bits per heavy atom. The Hall–Kier alpha value is -1.86. The zero-order chi connectivity index (χ0) is 18.8. The van der Waals surface area contributed by atoms with E-state index in [0.29, 0.717) is 5.02 Å². The van der Waals surface area contributed by atoms with Crippen molar-refractivity contribution in [2.45, 2.75) is 46.8 Å². The molecule has 1 aliphatic heterocycles. The molecule has 2 aromatic rings. The molecule has 0 bridgehead atoms. The molecule has 7 nitrogen and oxygen atoms in total. The van der Waals surface area contributed by atoms with Crippen LogP contribution in [0.1, 0.15) is 36.8 Å². The van der Waals surface area contributed by atoms with Gasteiger partial charge in [-0.2, -0.15) is 10.2 Å². The highest BCUT2D eigenvalue weighted by Crippen LogP contribution is 2.20. The lowest BCUT2D eigenvalue weighted by atomic mass is 10.2. The average molecular weight is 379 g/mol. The van der Waals surface area contributed by atoms with Gasteiger partial charge in [-0.15, -0.1) is 0 Å². The van der Waals surface area contributed by atoms with Crippen molar-refractivity contribution in [1.82, 2.24) is 29.4 Å². The van der Waals surface area contributed by atoms with Crippen LogP contribution in [0.3, 0.4) is 0 Å². The van der Waals surface area contributed by atoms with E-state index in [1.807, 2.05) is 23.4 Å². The maximum absolute atomic E-state index is 12.8. The summed E-state index contributed by atoms with van der Waals surface area (Å²) in [5.74, 6) is 0.0995. The summed E-state index contributed by atoms with van der Waals surface area (Å²) in [5.41, 5.74) is 3.18. The van der Waals surface area contributed by atoms with Crippen molar-refractivity contribution in [1.29, 1.82) is 0 Å². The van der Waals surface area contributed by atoms with Gasteiger partial charge in [-0.1, -0.05) is 11.6 Å². The fraction of sp³-hybridized carbons (Fsp3) is 0.611. The molecule has 1 saturated heterocycles. The second-order valence-corrected chi connectivity index (χ2v) is 7.30. The van der Waals surface area contributed by atoms with E-state index >= 15 is 0 Å². The molecule has 1 fully saturated rings. The van der Waals surface area contributed by atoms with Crippen LogP contribution in [0, 0.1) is 13.8 Å². The number of carbonyl (C=O) groups excluding carboxylic acids is 1. The molecule has 2 aromatic heterocycles. The molecule has 0 radical (unpaired) electrons. The van der Waals surface area contributed by atoms with Crippen molar-refractivity contribution in [3.8, 4) is 0 Å². The standard InChI is InChI=1S/C18H27ClN6O/c1-5-24-12-16(13(2)21-24)11-22-6-8-23(9-7-22)18(26)15(4)25-14(3)17(19)10-20-25/h10,12,15H,5-9,11H2,1-4H3. The lowest BCUT2D eigenvalue weighted by Gasteiger charge is -2.36. The van der Waals surface area contributed by atoms with Crippen molar-refractivity contribution in [2.24, 2.45) is 0 Å². The fourth-order valence-corrected chi connectivity index (χ4v) is 3.54. The summed E-state index contributed by atoms with van der Waals surface area (Å²) in [6.07, 6.45) is 3.72. The van der Waals surface area contributed by atoms with E-state index in [1.54, 1.807) is 10.9 Å². The zero-order valence-electron chi connectivity index (χ0n) is 15.9. The normalized spacial score (nSPS) is 16.9. The Labute approximate surface area is 159 Å². The van der Waals surface area contributed by atoms with Crippen molar-refractivity contribution in [2.75, 3.05) is 26.2 Å². The number of carbonyl (C=O) groups is 1. The number of aromatic nitrogens is 4. The molecule has 0 aliphatic carbocycles. The Morgan fingerprint density at radius 1 is 1.27 bits per heavy atom. The smallest absolute Gasteiger partial charge is 0.247 e. The number of aryl methyl sites for hydroxylation is 2. The van der Waals surface area contributed by atoms with Gasteiger partial charge in [-0.25, -0.2) is 0 Å². The minimum atomic E-state index is -0.334. The molecule has 3 heterocycles. The number of piperazine rings is 1. The van der Waals surface area contributed by atoms with Crippen LogP contribution in [0.15, 0.2) is 12.4 Å². The number of hydrogen-bond donors (Lipinski definition) is 0. The molecule has 142 valence electrons. The minimum Gasteiger partial charge on any atom is -0.338 e. The van der Waals surface area contributed by atoms with Crippen LogP contribution in [-0.2, 0) is 17.9 Å². The van der Waals surface area contributed by atoms with Crippen LogP contribution >= 0.6 is 11.6 Å². The first-order valence-corrected chi connectivity index (χ1v) is 9.52. The molecule has 0 spiro atoms. The molecule has 0 N–H and O–H groups in total. The number of amides is 1. The molecule has 1 amide bonds. The SMILES string of the molecule is CCn1cc(CN2CCN(C(=O)C(C)n3ncc(Cl)c3C)CC2)c(C)n1. The average Bonchev–Trinajstić information content (AvgIpc) is 3.17. The molecule has 1 unspecified atom stereocenters. The van der Waals surface area contributed by atoms with E-state index in [9.17, 15) is 4.79 Å². The van der Waals surface area contributed by atoms with E-state index in [-0.39, 0.29) is 11.9 Å². The zero-order valence-corrected chi connectivity index (χ0v) is 16.7. The molecule has 0 aromatic carbocycles. The summed E-state index contributed by atoms with van der Waals surface area (Å²) in [5, 5.41) is 9.34. The quantitative estimate of drug-likeness (QED) is 0.800. The summed E-state index contributed by atoms with van der Waals surface area (Å²) in [4.78, 5) is 17.1. The summed E-state index contributed by atoms with van der Waals surface area (Å²) in [7, 11) is 0. The lowest BCUT2D eigenvalue weighted by molar-refractivity contribution is -0.136. The summed E-state index contributed by atoms with van der Waals surface area (Å²) in [6, 6.07) is -0.334. The van der Waals surface area contributed by atoms with Crippen molar-refractivity contribution < 1.29 is 4.79 Å². The Bertz CT molecular complexity index is 775. The van der Waals surface area contributed by atoms with E-state index in [0.717, 1.165) is 50.7 Å². The van der Waals surface area contributed by atoms with Gasteiger partial charge in [-0.05, 0) is 27.7 Å². The fourth-order valence-electron chi connectivity index (χ4n) is 3.41. The summed E-state index contributed by atoms with van der Waals surface area (Å²) >= 11 is 6.06. The van der Waals surface area contributed by atoms with Gasteiger partial charge in [0, 0.05) is 51.0 Å². The molecule has 1 atom stereocenters. The van der Waals surface area contributed by atoms with Crippen molar-refractivity contribution in [3.05, 3.63) is 34.4 Å². The first-order valence-electron chi connectivity index (χ1n) is 9.14. The van der Waals surface area contributed by atoms with Crippen LogP contribution in [-0.4, -0.2) is 61.4 Å². The largest absolute Gasteiger partial charge is 0.338 e. The van der Waals surface area contributed by atoms with Crippen molar-refractivity contribution in [3.63, 3.8) is 0 Å². The van der Waals surface area contributed by atoms with E-state index in [4.69, 9.17) is 11.6 Å². The third-order valence-electron chi connectivity index (χ3n) is 5.16. The van der Waals surface area contributed by atoms with Crippen LogP contribution in [0.25, 0.3) is 0 Å². The molecular weight excluding hydrogens is 352 g/mol. The molecule has 26 heavy (non-hydrogen) atoms. The Kier molecular flexibility index (Phi) is 5.67. The number of nitrogens with zero attached hydrogens (tertiary/aromatic N) is 6. The van der Waals surface area contributed by atoms with Gasteiger partial charge >= 0.3 is 0 Å². The van der Waals surface area contributed by atoms with Gasteiger partial charge in [0.1, 0.15) is 6.04 Å². The molecule has 3 rings (SSSR count). The Morgan fingerprint density at radius 3 is 2.50 bits per heavy atom. The second-order valence-electron chi connectivity index (χ2n) is 6.90. The van der Waals surface area contributed by atoms with Gasteiger partial charge in [0.25, 0.3) is 0 Å². The molecular formula is C18H27ClN6O. The van der Waals surface area contributed by atoms with Gasteiger partial charge in [-0.3, -0.25) is 19.1 Å². The monoisotopic (exact) mass is 378 g/mol. The predicted molar refractivity (Wildman–Crippen MR) is 101 cm³/mol. The predicted octanol–water partition coefficient (Wildman–Crippen LogP) is 2.28. The maximum atomic E-state index is 12.8. The molecule has 0 saturated carbocycles. The number of rotatable bonds is 5. The highest BCUT2D eigenvalue weighted by atomic mass is 35.5. The maximum Gasteiger partial charge on any atom is 0.247 e. The van der Waals surface area contributed by atoms with E-state index in [1.165, 1.54) is 5.56 Å². The second kappa shape index (κ2) is 7.80. The van der Waals surface area contributed by atoms with E-state index in [2.05, 4.69) is 35.1 Å². The third kappa shape index (κ3) is 3.78. The van der Waals surface area contributed by atoms with Crippen LogP contribution in [0.4, 0.5) is 0 Å². The van der Waals surface area contributed by atoms with Gasteiger partial charge < -0.3 is 4.90 Å². The first kappa shape index (κ1) is 18.9. The van der Waals surface area contributed by atoms with Gasteiger partial charge in [0.15, 0.2) is 0 Å².